The van der Waals surface area contributed by atoms with E-state index < -0.39 is 18.1 Å². The van der Waals surface area contributed by atoms with Gasteiger partial charge < -0.3 is 0 Å². The molecule has 0 saturated carbocycles. The molecular weight excluding hydrogens is 402 g/mol. The highest BCUT2D eigenvalue weighted by molar-refractivity contribution is 6.32. The van der Waals surface area contributed by atoms with Gasteiger partial charge in [-0.25, -0.2) is 9.96 Å². The SMILES string of the molecule is Cc1c(Cl)cccc1N1C(=O)[C@H]2[C@@H](ON(c3ccccc3)[C@H]2c2cccnc2)C1=O. The maximum absolute atomic E-state index is 13.6. The Morgan fingerprint density at radius 1 is 0.967 bits per heavy atom. The molecule has 2 aliphatic heterocycles. The van der Waals surface area contributed by atoms with Crippen molar-refractivity contribution in [3.63, 3.8) is 0 Å². The summed E-state index contributed by atoms with van der Waals surface area (Å²) < 4.78 is 0. The minimum atomic E-state index is -0.915. The highest BCUT2D eigenvalue weighted by Gasteiger charge is 2.60. The number of benzene rings is 2. The predicted molar refractivity (Wildman–Crippen MR) is 113 cm³/mol. The lowest BCUT2D eigenvalue weighted by Crippen LogP contribution is -2.37. The maximum atomic E-state index is 13.6. The Morgan fingerprint density at radius 3 is 2.50 bits per heavy atom. The van der Waals surface area contributed by atoms with Crippen molar-refractivity contribution in [1.82, 2.24) is 4.98 Å². The number of fused-ring (bicyclic) bond motifs is 1. The van der Waals surface area contributed by atoms with E-state index in [-0.39, 0.29) is 11.8 Å². The van der Waals surface area contributed by atoms with Crippen molar-refractivity contribution in [1.29, 1.82) is 0 Å². The average molecular weight is 420 g/mol. The number of carbonyl (C=O) groups is 2. The topological polar surface area (TPSA) is 62.7 Å². The Morgan fingerprint density at radius 2 is 1.77 bits per heavy atom. The summed E-state index contributed by atoms with van der Waals surface area (Å²) >= 11 is 6.24. The summed E-state index contributed by atoms with van der Waals surface area (Å²) in [5, 5.41) is 2.16. The Bertz CT molecular complexity index is 1120. The van der Waals surface area contributed by atoms with Crippen LogP contribution in [-0.4, -0.2) is 22.9 Å². The molecule has 0 N–H and O–H groups in total. The molecule has 6 nitrogen and oxygen atoms in total. The van der Waals surface area contributed by atoms with Gasteiger partial charge in [-0.15, -0.1) is 0 Å². The number of carbonyl (C=O) groups excluding carboxylic acids is 2. The lowest BCUT2D eigenvalue weighted by Gasteiger charge is -2.28. The Kier molecular flexibility index (Phi) is 4.53. The maximum Gasteiger partial charge on any atom is 0.266 e. The number of para-hydroxylation sites is 1. The van der Waals surface area contributed by atoms with Crippen molar-refractivity contribution < 1.29 is 14.4 Å². The second kappa shape index (κ2) is 7.23. The van der Waals surface area contributed by atoms with Crippen molar-refractivity contribution in [2.45, 2.75) is 19.1 Å². The first kappa shape index (κ1) is 18.8. The van der Waals surface area contributed by atoms with Crippen LogP contribution in [0.2, 0.25) is 5.02 Å². The minimum Gasteiger partial charge on any atom is -0.273 e. The fourth-order valence-corrected chi connectivity index (χ4v) is 4.35. The van der Waals surface area contributed by atoms with Crippen LogP contribution in [0.5, 0.6) is 0 Å². The van der Waals surface area contributed by atoms with E-state index in [4.69, 9.17) is 16.4 Å². The predicted octanol–water partition coefficient (Wildman–Crippen LogP) is 4.09. The van der Waals surface area contributed by atoms with Gasteiger partial charge in [-0.2, -0.15) is 0 Å². The van der Waals surface area contributed by atoms with Crippen molar-refractivity contribution in [2.24, 2.45) is 5.92 Å². The second-order valence-electron chi connectivity index (χ2n) is 7.34. The summed E-state index contributed by atoms with van der Waals surface area (Å²) in [4.78, 5) is 38.4. The zero-order valence-corrected chi connectivity index (χ0v) is 16.9. The number of hydrogen-bond donors (Lipinski definition) is 0. The van der Waals surface area contributed by atoms with Gasteiger partial charge in [-0.05, 0) is 48.4 Å². The molecule has 0 radical (unpaired) electrons. The van der Waals surface area contributed by atoms with Crippen molar-refractivity contribution in [3.8, 4) is 0 Å². The zero-order chi connectivity index (χ0) is 20.8. The lowest BCUT2D eigenvalue weighted by molar-refractivity contribution is -0.126. The summed E-state index contributed by atoms with van der Waals surface area (Å²) in [6.07, 6.45) is 2.46. The van der Waals surface area contributed by atoms with Gasteiger partial charge in [-0.3, -0.25) is 19.4 Å². The van der Waals surface area contributed by atoms with Crippen molar-refractivity contribution in [2.75, 3.05) is 9.96 Å². The van der Waals surface area contributed by atoms with Crippen LogP contribution in [0.1, 0.15) is 17.2 Å². The van der Waals surface area contributed by atoms with Crippen LogP contribution < -0.4 is 9.96 Å². The van der Waals surface area contributed by atoms with Gasteiger partial charge in [0.05, 0.1) is 17.4 Å². The standard InChI is InChI=1S/C23H18ClN3O3/c1-14-17(24)10-5-11-18(14)26-22(28)19-20(15-7-6-12-25-13-15)27(30-21(19)23(26)29)16-8-3-2-4-9-16/h2-13,19-21H,1H3/t19-,20+,21-/m1/s1. The molecule has 0 bridgehead atoms. The molecule has 3 aromatic rings. The molecule has 30 heavy (non-hydrogen) atoms. The van der Waals surface area contributed by atoms with Crippen molar-refractivity contribution in [3.05, 3.63) is 89.2 Å². The molecule has 0 unspecified atom stereocenters. The largest absolute Gasteiger partial charge is 0.273 e. The monoisotopic (exact) mass is 419 g/mol. The van der Waals surface area contributed by atoms with Crippen LogP contribution in [0.25, 0.3) is 0 Å². The summed E-state index contributed by atoms with van der Waals surface area (Å²) in [5.74, 6) is -1.38. The van der Waals surface area contributed by atoms with Gasteiger partial charge in [0, 0.05) is 17.4 Å². The molecular formula is C23H18ClN3O3. The molecule has 2 aliphatic rings. The van der Waals surface area contributed by atoms with Gasteiger partial charge in [0.1, 0.15) is 5.92 Å². The highest BCUT2D eigenvalue weighted by atomic mass is 35.5. The quantitative estimate of drug-likeness (QED) is 0.598. The van der Waals surface area contributed by atoms with Gasteiger partial charge >= 0.3 is 0 Å². The molecule has 3 atom stereocenters. The smallest absolute Gasteiger partial charge is 0.266 e. The lowest BCUT2D eigenvalue weighted by atomic mass is 9.91. The Balaban J connectivity index is 1.60. The van der Waals surface area contributed by atoms with Crippen LogP contribution in [0.4, 0.5) is 11.4 Å². The molecule has 2 fully saturated rings. The normalized spacial score (nSPS) is 23.2. The Hall–Kier alpha value is -3.22. The number of pyridine rings is 1. The summed E-state index contributed by atoms with van der Waals surface area (Å²) in [5.41, 5.74) is 2.75. The molecule has 3 heterocycles. The minimum absolute atomic E-state index is 0.303. The van der Waals surface area contributed by atoms with Gasteiger partial charge in [0.15, 0.2) is 6.10 Å². The molecule has 2 amide bonds. The number of hydroxylamine groups is 1. The van der Waals surface area contributed by atoms with Crippen LogP contribution in [0.3, 0.4) is 0 Å². The van der Waals surface area contributed by atoms with E-state index >= 15 is 0 Å². The number of hydrogen-bond acceptors (Lipinski definition) is 5. The van der Waals surface area contributed by atoms with Crippen LogP contribution in [0, 0.1) is 12.8 Å². The number of halogens is 1. The van der Waals surface area contributed by atoms with E-state index in [0.29, 0.717) is 16.3 Å². The highest BCUT2D eigenvalue weighted by Crippen LogP contribution is 2.47. The van der Waals surface area contributed by atoms with Crippen molar-refractivity contribution >= 4 is 34.8 Å². The van der Waals surface area contributed by atoms with E-state index in [1.807, 2.05) is 42.5 Å². The molecule has 5 rings (SSSR count). The third-order valence-corrected chi connectivity index (χ3v) is 6.04. The molecule has 7 heteroatoms. The molecule has 1 aromatic heterocycles. The van der Waals surface area contributed by atoms with E-state index in [9.17, 15) is 9.59 Å². The van der Waals surface area contributed by atoms with E-state index in [2.05, 4.69) is 4.98 Å². The van der Waals surface area contributed by atoms with Crippen LogP contribution in [0.15, 0.2) is 73.1 Å². The number of amides is 2. The molecule has 150 valence electrons. The molecule has 0 spiro atoms. The molecule has 0 aliphatic carbocycles. The van der Waals surface area contributed by atoms with E-state index in [0.717, 1.165) is 11.3 Å². The van der Waals surface area contributed by atoms with Gasteiger partial charge in [0.2, 0.25) is 5.91 Å². The first-order chi connectivity index (χ1) is 14.6. The number of anilines is 2. The fraction of sp³-hybridized carbons (Fsp3) is 0.174. The summed E-state index contributed by atoms with van der Waals surface area (Å²) in [6, 6.07) is 17.9. The molecule has 2 saturated heterocycles. The summed E-state index contributed by atoms with van der Waals surface area (Å²) in [6.45, 7) is 1.79. The zero-order valence-electron chi connectivity index (χ0n) is 16.1. The Labute approximate surface area is 178 Å². The fourth-order valence-electron chi connectivity index (χ4n) is 4.18. The number of imide groups is 1. The average Bonchev–Trinajstić information content (AvgIpc) is 3.28. The second-order valence-corrected chi connectivity index (χ2v) is 7.75. The third kappa shape index (κ3) is 2.80. The van der Waals surface area contributed by atoms with Gasteiger partial charge in [-0.1, -0.05) is 41.9 Å². The van der Waals surface area contributed by atoms with Crippen LogP contribution in [-0.2, 0) is 14.4 Å². The van der Waals surface area contributed by atoms with E-state index in [1.54, 1.807) is 42.6 Å². The van der Waals surface area contributed by atoms with Crippen LogP contribution >= 0.6 is 11.6 Å². The molecule has 2 aromatic carbocycles. The third-order valence-electron chi connectivity index (χ3n) is 5.63. The number of nitrogens with zero attached hydrogens (tertiary/aromatic N) is 3. The van der Waals surface area contributed by atoms with E-state index in [1.165, 1.54) is 4.90 Å². The first-order valence-corrected chi connectivity index (χ1v) is 9.99. The first-order valence-electron chi connectivity index (χ1n) is 9.62. The summed E-state index contributed by atoms with van der Waals surface area (Å²) in [7, 11) is 0. The number of aromatic nitrogens is 1. The number of rotatable bonds is 3. The van der Waals surface area contributed by atoms with Gasteiger partial charge in [0.25, 0.3) is 5.91 Å².